The first kappa shape index (κ1) is 18.1. The van der Waals surface area contributed by atoms with Crippen LogP contribution in [-0.2, 0) is 4.79 Å². The summed E-state index contributed by atoms with van der Waals surface area (Å²) >= 11 is 0. The predicted molar refractivity (Wildman–Crippen MR) is 91.5 cm³/mol. The zero-order valence-corrected chi connectivity index (χ0v) is 14.3. The number of carbonyl (C=O) groups is 1. The van der Waals surface area contributed by atoms with Crippen LogP contribution in [0.3, 0.4) is 0 Å². The number of hydrogen-bond donors (Lipinski definition) is 2. The Labute approximate surface area is 144 Å². The summed E-state index contributed by atoms with van der Waals surface area (Å²) in [4.78, 5) is 22.8. The van der Waals surface area contributed by atoms with E-state index in [1.54, 1.807) is 39.0 Å². The topological polar surface area (TPSA) is 123 Å². The number of aromatic nitrogens is 2. The van der Waals surface area contributed by atoms with Crippen LogP contribution in [0.25, 0.3) is 0 Å². The van der Waals surface area contributed by atoms with Gasteiger partial charge in [-0.2, -0.15) is 10.2 Å². The van der Waals surface area contributed by atoms with Gasteiger partial charge in [0.05, 0.1) is 10.6 Å². The van der Waals surface area contributed by atoms with E-state index in [9.17, 15) is 20.0 Å². The van der Waals surface area contributed by atoms with Crippen molar-refractivity contribution in [2.75, 3.05) is 0 Å². The molecule has 0 aliphatic carbocycles. The molecule has 1 heterocycles. The molecule has 0 spiro atoms. The number of nitrogens with zero attached hydrogens (tertiary/aromatic N) is 4. The van der Waals surface area contributed by atoms with Gasteiger partial charge in [0.25, 0.3) is 5.91 Å². The van der Waals surface area contributed by atoms with Gasteiger partial charge in [-0.1, -0.05) is 12.1 Å². The van der Waals surface area contributed by atoms with E-state index in [1.807, 2.05) is 0 Å². The molecular weight excluding hydrogens is 326 g/mol. The van der Waals surface area contributed by atoms with Gasteiger partial charge in [-0.05, 0) is 39.8 Å². The van der Waals surface area contributed by atoms with Crippen LogP contribution in [0.2, 0.25) is 0 Å². The Morgan fingerprint density at radius 2 is 2.04 bits per heavy atom. The number of phenolic OH excluding ortho intramolecular Hbond substituents is 1. The molecule has 2 rings (SSSR count). The van der Waals surface area contributed by atoms with Gasteiger partial charge in [-0.3, -0.25) is 19.6 Å². The fourth-order valence-corrected chi connectivity index (χ4v) is 2.48. The molecule has 0 unspecified atom stereocenters. The van der Waals surface area contributed by atoms with Gasteiger partial charge in [-0.15, -0.1) is 0 Å². The van der Waals surface area contributed by atoms with E-state index in [0.717, 1.165) is 0 Å². The molecule has 2 aromatic rings. The van der Waals surface area contributed by atoms with Crippen LogP contribution in [-0.4, -0.2) is 31.4 Å². The third-order valence-corrected chi connectivity index (χ3v) is 3.84. The first-order valence-corrected chi connectivity index (χ1v) is 7.56. The van der Waals surface area contributed by atoms with E-state index in [0.29, 0.717) is 17.0 Å². The Morgan fingerprint density at radius 1 is 1.40 bits per heavy atom. The monoisotopic (exact) mass is 345 g/mol. The van der Waals surface area contributed by atoms with Gasteiger partial charge in [0.2, 0.25) is 0 Å². The lowest BCUT2D eigenvalue weighted by atomic mass is 10.1. The molecule has 0 aliphatic rings. The highest BCUT2D eigenvalue weighted by molar-refractivity contribution is 6.01. The van der Waals surface area contributed by atoms with Crippen LogP contribution in [0.4, 0.5) is 5.69 Å². The molecule has 0 radical (unpaired) electrons. The average Bonchev–Trinajstić information content (AvgIpc) is 2.86. The van der Waals surface area contributed by atoms with Crippen molar-refractivity contribution < 1.29 is 14.8 Å². The lowest BCUT2D eigenvalue weighted by Crippen LogP contribution is -2.29. The number of carbonyl (C=O) groups excluding carboxylic acids is 1. The summed E-state index contributed by atoms with van der Waals surface area (Å²) < 4.78 is 1.30. The Hall–Kier alpha value is -3.23. The molecule has 132 valence electrons. The Balaban J connectivity index is 2.19. The normalized spacial score (nSPS) is 12.7. The van der Waals surface area contributed by atoms with E-state index in [2.05, 4.69) is 15.6 Å². The third-order valence-electron chi connectivity index (χ3n) is 3.84. The minimum absolute atomic E-state index is 0.0558. The largest absolute Gasteiger partial charge is 0.507 e. The fraction of sp³-hybridized carbons (Fsp3) is 0.312. The van der Waals surface area contributed by atoms with Crippen molar-refractivity contribution in [2.24, 2.45) is 5.10 Å². The van der Waals surface area contributed by atoms with E-state index < -0.39 is 16.9 Å². The van der Waals surface area contributed by atoms with Gasteiger partial charge in [0.1, 0.15) is 23.2 Å². The zero-order chi connectivity index (χ0) is 18.7. The molecule has 1 aromatic heterocycles. The average molecular weight is 345 g/mol. The predicted octanol–water partition coefficient (Wildman–Crippen LogP) is 2.22. The van der Waals surface area contributed by atoms with Crippen LogP contribution in [0.5, 0.6) is 5.75 Å². The fourth-order valence-electron chi connectivity index (χ4n) is 2.48. The van der Waals surface area contributed by atoms with Crippen molar-refractivity contribution in [3.8, 4) is 5.75 Å². The summed E-state index contributed by atoms with van der Waals surface area (Å²) in [7, 11) is 0. The highest BCUT2D eigenvalue weighted by Crippen LogP contribution is 2.24. The number of phenols is 1. The number of hydrazone groups is 1. The number of amides is 1. The standard InChI is InChI=1S/C16H19N5O4/c1-9(13-7-5-6-8-14(13)22)17-18-16(23)12(4)20-11(3)15(21(24)25)10(2)19-20/h5-8,12,22H,1-4H3,(H,18,23)/b17-9+/t12-/m1/s1. The van der Waals surface area contributed by atoms with E-state index >= 15 is 0 Å². The number of aromatic hydroxyl groups is 1. The zero-order valence-electron chi connectivity index (χ0n) is 14.3. The second kappa shape index (κ2) is 7.12. The van der Waals surface area contributed by atoms with Gasteiger partial charge in [0, 0.05) is 5.56 Å². The van der Waals surface area contributed by atoms with Crippen molar-refractivity contribution in [1.29, 1.82) is 0 Å². The quantitative estimate of drug-likeness (QED) is 0.488. The van der Waals surface area contributed by atoms with Crippen molar-refractivity contribution in [1.82, 2.24) is 15.2 Å². The van der Waals surface area contributed by atoms with Crippen LogP contribution in [0.1, 0.15) is 36.8 Å². The van der Waals surface area contributed by atoms with Crippen LogP contribution in [0.15, 0.2) is 29.4 Å². The van der Waals surface area contributed by atoms with Crippen molar-refractivity contribution in [2.45, 2.75) is 33.7 Å². The van der Waals surface area contributed by atoms with Crippen molar-refractivity contribution in [3.05, 3.63) is 51.3 Å². The first-order chi connectivity index (χ1) is 11.7. The van der Waals surface area contributed by atoms with Crippen molar-refractivity contribution >= 4 is 17.3 Å². The molecule has 0 fully saturated rings. The summed E-state index contributed by atoms with van der Waals surface area (Å²) in [5.41, 5.74) is 3.77. The molecule has 1 atom stereocenters. The lowest BCUT2D eigenvalue weighted by Gasteiger charge is -2.12. The highest BCUT2D eigenvalue weighted by Gasteiger charge is 2.27. The Bertz CT molecular complexity index is 856. The third kappa shape index (κ3) is 3.65. The first-order valence-electron chi connectivity index (χ1n) is 7.56. The summed E-state index contributed by atoms with van der Waals surface area (Å²) in [6.45, 7) is 6.28. The summed E-state index contributed by atoms with van der Waals surface area (Å²) in [6, 6.07) is 5.84. The summed E-state index contributed by atoms with van der Waals surface area (Å²) in [5.74, 6) is -0.421. The summed E-state index contributed by atoms with van der Waals surface area (Å²) in [6.07, 6.45) is 0. The van der Waals surface area contributed by atoms with Crippen LogP contribution < -0.4 is 5.43 Å². The number of nitro groups is 1. The number of rotatable bonds is 5. The van der Waals surface area contributed by atoms with E-state index in [-0.39, 0.29) is 17.1 Å². The maximum Gasteiger partial charge on any atom is 0.312 e. The number of para-hydroxylation sites is 1. The molecule has 0 aliphatic heterocycles. The van der Waals surface area contributed by atoms with Gasteiger partial charge in [-0.25, -0.2) is 5.43 Å². The highest BCUT2D eigenvalue weighted by atomic mass is 16.6. The van der Waals surface area contributed by atoms with Gasteiger partial charge >= 0.3 is 5.69 Å². The molecule has 25 heavy (non-hydrogen) atoms. The van der Waals surface area contributed by atoms with E-state index in [1.165, 1.54) is 17.7 Å². The minimum atomic E-state index is -0.784. The smallest absolute Gasteiger partial charge is 0.312 e. The molecule has 9 heteroatoms. The Kier molecular flexibility index (Phi) is 5.16. The second-order valence-corrected chi connectivity index (χ2v) is 5.59. The number of nitrogens with one attached hydrogen (secondary N) is 1. The molecule has 0 saturated heterocycles. The Morgan fingerprint density at radius 3 is 2.60 bits per heavy atom. The van der Waals surface area contributed by atoms with Gasteiger partial charge < -0.3 is 5.11 Å². The molecule has 1 aromatic carbocycles. The molecule has 1 amide bonds. The number of benzene rings is 1. The van der Waals surface area contributed by atoms with Crippen LogP contribution in [0, 0.1) is 24.0 Å². The second-order valence-electron chi connectivity index (χ2n) is 5.59. The lowest BCUT2D eigenvalue weighted by molar-refractivity contribution is -0.386. The molecule has 9 nitrogen and oxygen atoms in total. The molecular formula is C16H19N5O4. The maximum absolute atomic E-state index is 12.3. The van der Waals surface area contributed by atoms with Crippen molar-refractivity contribution in [3.63, 3.8) is 0 Å². The number of hydrogen-bond acceptors (Lipinski definition) is 6. The summed E-state index contributed by atoms with van der Waals surface area (Å²) in [5, 5.41) is 28.9. The molecule has 0 bridgehead atoms. The maximum atomic E-state index is 12.3. The minimum Gasteiger partial charge on any atom is -0.507 e. The van der Waals surface area contributed by atoms with Crippen LogP contribution >= 0.6 is 0 Å². The SMILES string of the molecule is C/C(=N\NC(=O)[C@@H](C)n1nc(C)c([N+](=O)[O-])c1C)c1ccccc1O. The molecule has 2 N–H and O–H groups in total. The van der Waals surface area contributed by atoms with E-state index in [4.69, 9.17) is 0 Å². The molecule has 0 saturated carbocycles. The number of aryl methyl sites for hydroxylation is 1. The van der Waals surface area contributed by atoms with Gasteiger partial charge in [0.15, 0.2) is 0 Å².